The number of hydrogen-bond acceptors (Lipinski definition) is 14. The molecule has 0 bridgehead atoms. The lowest BCUT2D eigenvalue weighted by molar-refractivity contribution is -0.136. The average molecular weight is 963 g/mol. The number of sulfonamides is 1. The Bertz CT molecular complexity index is 3110. The fraction of sp³-hybridized carbons (Fsp3) is 0.319. The Hall–Kier alpha value is -7.69. The molecule has 2 aliphatic heterocycles. The second-order valence-corrected chi connectivity index (χ2v) is 18.3. The Labute approximate surface area is 395 Å². The van der Waals surface area contributed by atoms with Crippen molar-refractivity contribution in [2.45, 2.75) is 51.6 Å². The van der Waals surface area contributed by atoms with E-state index in [9.17, 15) is 37.2 Å². The van der Waals surface area contributed by atoms with Gasteiger partial charge in [0.2, 0.25) is 27.7 Å². The number of carbonyl (C=O) groups excluding carboxylic acids is 5. The van der Waals surface area contributed by atoms with Gasteiger partial charge in [-0.05, 0) is 74.7 Å². The quantitative estimate of drug-likeness (QED) is 0.0472. The summed E-state index contributed by atoms with van der Waals surface area (Å²) >= 11 is 0. The molecule has 8 rings (SSSR count). The predicted molar refractivity (Wildman–Crippen MR) is 253 cm³/mol. The first kappa shape index (κ1) is 47.8. The van der Waals surface area contributed by atoms with Gasteiger partial charge in [0.1, 0.15) is 23.1 Å². The number of aromatic amines is 1. The number of aryl methyl sites for hydroxylation is 2. The number of aromatic nitrogens is 5. The first-order valence-electron chi connectivity index (χ1n) is 22.3. The molecule has 2 aliphatic rings. The molecule has 1 saturated heterocycles. The van der Waals surface area contributed by atoms with Crippen molar-refractivity contribution in [3.63, 3.8) is 0 Å². The number of carbonyl (C=O) groups is 5. The minimum absolute atomic E-state index is 0.0431. The number of anilines is 3. The van der Waals surface area contributed by atoms with E-state index in [1.807, 2.05) is 6.20 Å². The zero-order valence-electron chi connectivity index (χ0n) is 37.8. The van der Waals surface area contributed by atoms with Crippen LogP contribution in [0.25, 0.3) is 22.0 Å². The van der Waals surface area contributed by atoms with Crippen molar-refractivity contribution in [2.75, 3.05) is 54.1 Å². The van der Waals surface area contributed by atoms with Crippen LogP contribution in [0, 0.1) is 0 Å². The van der Waals surface area contributed by atoms with Crippen LogP contribution in [-0.2, 0) is 53.9 Å². The molecule has 1 unspecified atom stereocenters. The topological polar surface area (TPSA) is 267 Å². The highest BCUT2D eigenvalue weighted by Gasteiger charge is 2.45. The summed E-state index contributed by atoms with van der Waals surface area (Å²) in [5, 5.41) is 17.3. The average Bonchev–Trinajstić information content (AvgIpc) is 4.07. The zero-order chi connectivity index (χ0) is 48.7. The van der Waals surface area contributed by atoms with Gasteiger partial charge in [0.25, 0.3) is 17.4 Å². The SMILES string of the molecule is CCS(=O)(=O)Nc1ccc(Oc2cccc(NC(=O)CCCc3cn(CCOCCOCCNc4cccc5c4C(=O)N(C4CCC(=O)NC4=O)C5=O)nn3)c2)c(-c2cn(C)c(=O)c3[nH]ccc23)c1. The summed E-state index contributed by atoms with van der Waals surface area (Å²) in [7, 11) is -1.95. The number of rotatable bonds is 22. The Morgan fingerprint density at radius 1 is 0.884 bits per heavy atom. The number of imide groups is 2. The zero-order valence-corrected chi connectivity index (χ0v) is 38.6. The molecule has 360 valence electrons. The van der Waals surface area contributed by atoms with Crippen LogP contribution < -0.4 is 31.0 Å². The number of nitrogens with one attached hydrogen (secondary N) is 5. The smallest absolute Gasteiger partial charge is 0.274 e. The van der Waals surface area contributed by atoms with Crippen molar-refractivity contribution >= 4 is 67.5 Å². The maximum Gasteiger partial charge on any atom is 0.274 e. The van der Waals surface area contributed by atoms with E-state index < -0.39 is 39.7 Å². The number of ether oxygens (including phenoxy) is 3. The van der Waals surface area contributed by atoms with E-state index in [1.165, 1.54) is 10.6 Å². The lowest BCUT2D eigenvalue weighted by atomic mass is 10.0. The van der Waals surface area contributed by atoms with Gasteiger partial charge in [-0.3, -0.25) is 43.7 Å². The molecule has 5 N–H and O–H groups in total. The number of benzene rings is 3. The molecule has 5 heterocycles. The van der Waals surface area contributed by atoms with Gasteiger partial charge < -0.3 is 34.4 Å². The molecule has 69 heavy (non-hydrogen) atoms. The van der Waals surface area contributed by atoms with Gasteiger partial charge in [0.05, 0.1) is 55.5 Å². The molecule has 0 radical (unpaired) electrons. The van der Waals surface area contributed by atoms with Crippen LogP contribution in [0.5, 0.6) is 11.5 Å². The molecular weight excluding hydrogens is 913 g/mol. The fourth-order valence-corrected chi connectivity index (χ4v) is 8.64. The summed E-state index contributed by atoms with van der Waals surface area (Å²) < 4.78 is 48.3. The van der Waals surface area contributed by atoms with Crippen molar-refractivity contribution in [2.24, 2.45) is 7.05 Å². The first-order valence-corrected chi connectivity index (χ1v) is 24.0. The molecule has 0 aliphatic carbocycles. The van der Waals surface area contributed by atoms with Gasteiger partial charge in [-0.1, -0.05) is 17.3 Å². The second kappa shape index (κ2) is 21.1. The third-order valence-electron chi connectivity index (χ3n) is 11.5. The first-order chi connectivity index (χ1) is 33.3. The highest BCUT2D eigenvalue weighted by molar-refractivity contribution is 7.92. The Morgan fingerprint density at radius 2 is 1.70 bits per heavy atom. The molecule has 3 aromatic carbocycles. The number of amides is 5. The van der Waals surface area contributed by atoms with Crippen LogP contribution in [0.3, 0.4) is 0 Å². The Kier molecular flexibility index (Phi) is 14.6. The van der Waals surface area contributed by atoms with Crippen LogP contribution in [0.1, 0.15) is 59.0 Å². The van der Waals surface area contributed by atoms with Crippen LogP contribution in [0.4, 0.5) is 17.1 Å². The highest BCUT2D eigenvalue weighted by atomic mass is 32.2. The molecule has 3 aromatic heterocycles. The van der Waals surface area contributed by atoms with Crippen molar-refractivity contribution in [3.05, 3.63) is 112 Å². The van der Waals surface area contributed by atoms with Crippen molar-refractivity contribution < 1.29 is 46.6 Å². The van der Waals surface area contributed by atoms with Crippen molar-refractivity contribution in [1.82, 2.24) is 34.8 Å². The standard InChI is InChI=1S/C47H50N10O11S/c1-3-69(64,65)53-30-13-15-39(35(26-30)36-28-55(2)47(63)43-33(36)17-18-49-43)68-32-9-4-7-29(25-32)50-40(58)12-5-8-31-27-56(54-52-31)20-22-67-24-23-66-21-19-48-37-11-6-10-34-42(37)46(62)57(45(34)61)38-14-16-41(59)51-44(38)60/h4,6-7,9-11,13,15,17-18,25-28,38,48-49,53H,3,5,8,12,14,16,19-24H2,1-2H3,(H,50,58)(H,51,59,60). The largest absolute Gasteiger partial charge is 0.457 e. The van der Waals surface area contributed by atoms with E-state index in [2.05, 4.69) is 36.0 Å². The summed E-state index contributed by atoms with van der Waals surface area (Å²) in [6.07, 6.45) is 6.55. The monoisotopic (exact) mass is 962 g/mol. The number of nitrogens with zero attached hydrogens (tertiary/aromatic N) is 5. The lowest BCUT2D eigenvalue weighted by Crippen LogP contribution is -2.54. The number of H-pyrrole nitrogens is 1. The maximum atomic E-state index is 13.3. The van der Waals surface area contributed by atoms with Crippen molar-refractivity contribution in [3.8, 4) is 22.6 Å². The van der Waals surface area contributed by atoms with Crippen LogP contribution in [0.2, 0.25) is 0 Å². The summed E-state index contributed by atoms with van der Waals surface area (Å²) in [5.74, 6) is -1.75. The molecule has 0 spiro atoms. The van der Waals surface area contributed by atoms with E-state index >= 15 is 0 Å². The van der Waals surface area contributed by atoms with Crippen LogP contribution >= 0.6 is 0 Å². The normalized spacial score (nSPS) is 14.8. The van der Waals surface area contributed by atoms with E-state index in [4.69, 9.17) is 14.2 Å². The van der Waals surface area contributed by atoms with Crippen molar-refractivity contribution in [1.29, 1.82) is 0 Å². The molecule has 1 fully saturated rings. The summed E-state index contributed by atoms with van der Waals surface area (Å²) in [6.45, 7) is 3.64. The molecule has 21 nitrogen and oxygen atoms in total. The van der Waals surface area contributed by atoms with Gasteiger partial charge in [-0.15, -0.1) is 5.10 Å². The third kappa shape index (κ3) is 11.2. The Morgan fingerprint density at radius 3 is 2.51 bits per heavy atom. The van der Waals surface area contributed by atoms with E-state index in [-0.39, 0.29) is 47.6 Å². The van der Waals surface area contributed by atoms with Gasteiger partial charge in [0.15, 0.2) is 0 Å². The highest BCUT2D eigenvalue weighted by Crippen LogP contribution is 2.39. The predicted octanol–water partition coefficient (Wildman–Crippen LogP) is 4.19. The third-order valence-corrected chi connectivity index (χ3v) is 12.8. The molecule has 6 aromatic rings. The second-order valence-electron chi connectivity index (χ2n) is 16.3. The summed E-state index contributed by atoms with van der Waals surface area (Å²) in [4.78, 5) is 80.0. The molecule has 5 amide bonds. The van der Waals surface area contributed by atoms with Gasteiger partial charge in [0, 0.05) is 84.7 Å². The Balaban J connectivity index is 0.747. The van der Waals surface area contributed by atoms with E-state index in [0.717, 1.165) is 10.6 Å². The van der Waals surface area contributed by atoms with Crippen LogP contribution in [-0.4, -0.2) is 112 Å². The molecule has 22 heteroatoms. The molecule has 1 atom stereocenters. The van der Waals surface area contributed by atoms with Crippen LogP contribution in [0.15, 0.2) is 90.1 Å². The minimum atomic E-state index is -3.58. The number of hydrogen-bond donors (Lipinski definition) is 5. The van der Waals surface area contributed by atoms with E-state index in [1.54, 1.807) is 91.7 Å². The summed E-state index contributed by atoms with van der Waals surface area (Å²) in [5.41, 5.74) is 3.76. The van der Waals surface area contributed by atoms with Gasteiger partial charge in [-0.25, -0.2) is 13.1 Å². The lowest BCUT2D eigenvalue weighted by Gasteiger charge is -2.27. The van der Waals surface area contributed by atoms with E-state index in [0.29, 0.717) is 103 Å². The number of pyridine rings is 1. The van der Waals surface area contributed by atoms with Gasteiger partial charge in [-0.2, -0.15) is 0 Å². The molecular formula is C47H50N10O11S. The van der Waals surface area contributed by atoms with Gasteiger partial charge >= 0.3 is 0 Å². The maximum absolute atomic E-state index is 13.3. The molecule has 0 saturated carbocycles. The number of fused-ring (bicyclic) bond motifs is 2. The summed E-state index contributed by atoms with van der Waals surface area (Å²) in [6, 6.07) is 17.4. The fourth-order valence-electron chi connectivity index (χ4n) is 8.01. The minimum Gasteiger partial charge on any atom is -0.457 e. The number of piperidine rings is 1.